The Bertz CT molecular complexity index is 946. The lowest BCUT2D eigenvalue weighted by molar-refractivity contribution is -0.142. The number of ether oxygens (including phenoxy) is 1. The van der Waals surface area contributed by atoms with Crippen molar-refractivity contribution in [3.63, 3.8) is 0 Å². The van der Waals surface area contributed by atoms with Crippen LogP contribution >= 0.6 is 0 Å². The summed E-state index contributed by atoms with van der Waals surface area (Å²) in [5, 5.41) is 14.4. The van der Waals surface area contributed by atoms with Crippen LogP contribution in [0.2, 0.25) is 0 Å². The largest absolute Gasteiger partial charge is 0.480 e. The van der Waals surface area contributed by atoms with Gasteiger partial charge in [-0.25, -0.2) is 9.59 Å². The predicted octanol–water partition coefficient (Wildman–Crippen LogP) is 2.43. The molecule has 0 heterocycles. The fourth-order valence-corrected chi connectivity index (χ4v) is 3.96. The number of fused-ring (bicyclic) bond motifs is 3. The van der Waals surface area contributed by atoms with Gasteiger partial charge in [-0.1, -0.05) is 55.5 Å². The Morgan fingerprint density at radius 2 is 1.53 bits per heavy atom. The number of carboxylic acid groups (broad SMARTS) is 1. The Hall–Kier alpha value is -3.39. The summed E-state index contributed by atoms with van der Waals surface area (Å²) in [6, 6.07) is 14.1. The second kappa shape index (κ2) is 10.3. The van der Waals surface area contributed by atoms with Crippen LogP contribution in [-0.2, 0) is 14.3 Å². The van der Waals surface area contributed by atoms with Crippen molar-refractivity contribution in [3.8, 4) is 11.1 Å². The van der Waals surface area contributed by atoms with Crippen molar-refractivity contribution in [2.75, 3.05) is 27.2 Å². The first-order chi connectivity index (χ1) is 15.3. The summed E-state index contributed by atoms with van der Waals surface area (Å²) < 4.78 is 5.48. The quantitative estimate of drug-likeness (QED) is 0.554. The molecule has 1 unspecified atom stereocenters. The summed E-state index contributed by atoms with van der Waals surface area (Å²) in [5.41, 5.74) is 4.45. The van der Waals surface area contributed by atoms with E-state index in [0.717, 1.165) is 22.3 Å². The third kappa shape index (κ3) is 5.26. The molecule has 0 fully saturated rings. The molecule has 2 atom stereocenters. The van der Waals surface area contributed by atoms with Gasteiger partial charge in [0.25, 0.3) is 0 Å². The van der Waals surface area contributed by atoms with Gasteiger partial charge in [-0.05, 0) is 42.8 Å². The molecule has 1 aliphatic carbocycles. The minimum absolute atomic E-state index is 0.0847. The van der Waals surface area contributed by atoms with Crippen molar-refractivity contribution in [1.82, 2.24) is 15.5 Å². The molecule has 0 radical (unpaired) electrons. The molecule has 0 saturated heterocycles. The van der Waals surface area contributed by atoms with Crippen molar-refractivity contribution in [2.24, 2.45) is 0 Å². The van der Waals surface area contributed by atoms with E-state index in [4.69, 9.17) is 4.74 Å². The molecule has 1 aliphatic rings. The Balaban J connectivity index is 1.61. The van der Waals surface area contributed by atoms with Gasteiger partial charge < -0.3 is 25.4 Å². The SMILES string of the molecule is CC[C@@H](NC(=O)OCC1c2ccccc2-c2ccccc21)C(=O)NC(CN(C)C)C(=O)O. The summed E-state index contributed by atoms with van der Waals surface area (Å²) in [5.74, 6) is -1.78. The molecular weight excluding hydrogens is 410 g/mol. The van der Waals surface area contributed by atoms with Gasteiger partial charge in [0, 0.05) is 12.5 Å². The maximum absolute atomic E-state index is 12.5. The molecule has 0 bridgehead atoms. The number of nitrogens with one attached hydrogen (secondary N) is 2. The summed E-state index contributed by atoms with van der Waals surface area (Å²) in [6.07, 6.45) is -0.419. The molecular formula is C24H29N3O5. The van der Waals surface area contributed by atoms with Gasteiger partial charge in [-0.15, -0.1) is 0 Å². The minimum atomic E-state index is -1.14. The Kier molecular flexibility index (Phi) is 7.48. The topological polar surface area (TPSA) is 108 Å². The summed E-state index contributed by atoms with van der Waals surface area (Å²) in [4.78, 5) is 38.1. The Labute approximate surface area is 187 Å². The van der Waals surface area contributed by atoms with Crippen LogP contribution in [-0.4, -0.2) is 67.3 Å². The van der Waals surface area contributed by atoms with E-state index in [-0.39, 0.29) is 19.1 Å². The highest BCUT2D eigenvalue weighted by Gasteiger charge is 2.30. The van der Waals surface area contributed by atoms with E-state index in [1.807, 2.05) is 36.4 Å². The van der Waals surface area contributed by atoms with E-state index in [2.05, 4.69) is 22.8 Å². The van der Waals surface area contributed by atoms with Crippen molar-refractivity contribution in [2.45, 2.75) is 31.3 Å². The first-order valence-corrected chi connectivity index (χ1v) is 10.6. The smallest absolute Gasteiger partial charge is 0.407 e. The third-order valence-corrected chi connectivity index (χ3v) is 5.52. The van der Waals surface area contributed by atoms with Crippen LogP contribution in [0.15, 0.2) is 48.5 Å². The molecule has 8 heteroatoms. The first kappa shape index (κ1) is 23.3. The highest BCUT2D eigenvalue weighted by atomic mass is 16.5. The van der Waals surface area contributed by atoms with E-state index in [1.165, 1.54) is 0 Å². The number of carbonyl (C=O) groups is 3. The van der Waals surface area contributed by atoms with Crippen molar-refractivity contribution in [1.29, 1.82) is 0 Å². The molecule has 32 heavy (non-hydrogen) atoms. The number of aliphatic carboxylic acids is 1. The van der Waals surface area contributed by atoms with Crippen LogP contribution in [0.25, 0.3) is 11.1 Å². The zero-order valence-electron chi connectivity index (χ0n) is 18.5. The maximum Gasteiger partial charge on any atom is 0.407 e. The lowest BCUT2D eigenvalue weighted by Gasteiger charge is -2.22. The molecule has 2 amide bonds. The van der Waals surface area contributed by atoms with Crippen molar-refractivity contribution >= 4 is 18.0 Å². The average Bonchev–Trinajstić information content (AvgIpc) is 3.09. The average molecular weight is 440 g/mol. The normalized spacial score (nSPS) is 14.2. The van der Waals surface area contributed by atoms with Gasteiger partial charge in [-0.3, -0.25) is 4.79 Å². The standard InChI is InChI=1S/C24H29N3O5/c1-4-20(22(28)25-21(23(29)30)13-27(2)3)26-24(31)32-14-19-17-11-7-5-9-15(17)16-10-6-8-12-18(16)19/h5-12,19-21H,4,13-14H2,1-3H3,(H,25,28)(H,26,31)(H,29,30)/t20-,21?/m1/s1. The highest BCUT2D eigenvalue weighted by Crippen LogP contribution is 2.44. The predicted molar refractivity (Wildman–Crippen MR) is 120 cm³/mol. The number of nitrogens with zero attached hydrogens (tertiary/aromatic N) is 1. The van der Waals surface area contributed by atoms with Gasteiger partial charge in [0.05, 0.1) is 0 Å². The number of amides is 2. The summed E-state index contributed by atoms with van der Waals surface area (Å²) in [7, 11) is 3.43. The van der Waals surface area contributed by atoms with E-state index in [1.54, 1.807) is 25.9 Å². The lowest BCUT2D eigenvalue weighted by Crippen LogP contribution is -2.54. The van der Waals surface area contributed by atoms with E-state index < -0.39 is 30.1 Å². The van der Waals surface area contributed by atoms with E-state index >= 15 is 0 Å². The van der Waals surface area contributed by atoms with Crippen LogP contribution in [0.4, 0.5) is 4.79 Å². The lowest BCUT2D eigenvalue weighted by atomic mass is 9.98. The third-order valence-electron chi connectivity index (χ3n) is 5.52. The van der Waals surface area contributed by atoms with Crippen LogP contribution in [0.5, 0.6) is 0 Å². The number of carboxylic acids is 1. The van der Waals surface area contributed by atoms with Gasteiger partial charge >= 0.3 is 12.1 Å². The summed E-state index contributed by atoms with van der Waals surface area (Å²) >= 11 is 0. The molecule has 2 aromatic rings. The van der Waals surface area contributed by atoms with E-state index in [0.29, 0.717) is 6.42 Å². The Morgan fingerprint density at radius 1 is 0.969 bits per heavy atom. The fourth-order valence-electron chi connectivity index (χ4n) is 3.96. The van der Waals surface area contributed by atoms with Crippen molar-refractivity contribution < 1.29 is 24.2 Å². The van der Waals surface area contributed by atoms with E-state index in [9.17, 15) is 19.5 Å². The molecule has 3 N–H and O–H groups in total. The Morgan fingerprint density at radius 3 is 2.03 bits per heavy atom. The molecule has 3 rings (SSSR count). The monoisotopic (exact) mass is 439 g/mol. The van der Waals surface area contributed by atoms with Crippen LogP contribution in [0, 0.1) is 0 Å². The van der Waals surface area contributed by atoms with Gasteiger partial charge in [0.2, 0.25) is 5.91 Å². The maximum atomic E-state index is 12.5. The van der Waals surface area contributed by atoms with Gasteiger partial charge in [0.15, 0.2) is 0 Å². The fraction of sp³-hybridized carbons (Fsp3) is 0.375. The molecule has 0 aliphatic heterocycles. The van der Waals surface area contributed by atoms with Crippen molar-refractivity contribution in [3.05, 3.63) is 59.7 Å². The molecule has 8 nitrogen and oxygen atoms in total. The number of benzene rings is 2. The molecule has 0 saturated carbocycles. The number of hydrogen-bond donors (Lipinski definition) is 3. The van der Waals surface area contributed by atoms with Gasteiger partial charge in [-0.2, -0.15) is 0 Å². The number of carbonyl (C=O) groups excluding carboxylic acids is 2. The van der Waals surface area contributed by atoms with Crippen LogP contribution < -0.4 is 10.6 Å². The van der Waals surface area contributed by atoms with Gasteiger partial charge in [0.1, 0.15) is 18.7 Å². The zero-order chi connectivity index (χ0) is 23.3. The first-order valence-electron chi connectivity index (χ1n) is 10.6. The number of alkyl carbamates (subject to hydrolysis) is 1. The molecule has 2 aromatic carbocycles. The molecule has 170 valence electrons. The zero-order valence-corrected chi connectivity index (χ0v) is 18.5. The van der Waals surface area contributed by atoms with Crippen LogP contribution in [0.1, 0.15) is 30.4 Å². The minimum Gasteiger partial charge on any atom is -0.480 e. The highest BCUT2D eigenvalue weighted by molar-refractivity contribution is 5.89. The number of rotatable bonds is 9. The molecule has 0 aromatic heterocycles. The second-order valence-corrected chi connectivity index (χ2v) is 8.09. The number of likely N-dealkylation sites (N-methyl/N-ethyl adjacent to an activating group) is 1. The summed E-state index contributed by atoms with van der Waals surface area (Å²) in [6.45, 7) is 2.01. The number of hydrogen-bond acceptors (Lipinski definition) is 5. The van der Waals surface area contributed by atoms with Crippen LogP contribution in [0.3, 0.4) is 0 Å². The molecule has 0 spiro atoms. The second-order valence-electron chi connectivity index (χ2n) is 8.09.